The van der Waals surface area contributed by atoms with E-state index in [2.05, 4.69) is 21.2 Å². The Kier molecular flexibility index (Phi) is 2.84. The van der Waals surface area contributed by atoms with Gasteiger partial charge in [-0.3, -0.25) is 4.79 Å². The lowest BCUT2D eigenvalue weighted by Crippen LogP contribution is -2.56. The molecule has 1 heterocycles. The fourth-order valence-electron chi connectivity index (χ4n) is 1.68. The molecule has 0 unspecified atom stereocenters. The fraction of sp³-hybridized carbons (Fsp3) is 0.500. The van der Waals surface area contributed by atoms with E-state index in [-0.39, 0.29) is 18.3 Å². The van der Waals surface area contributed by atoms with Crippen molar-refractivity contribution in [3.63, 3.8) is 0 Å². The van der Waals surface area contributed by atoms with Crippen molar-refractivity contribution in [3.05, 3.63) is 22.6 Å². The van der Waals surface area contributed by atoms with E-state index >= 15 is 0 Å². The molecule has 1 fully saturated rings. The van der Waals surface area contributed by atoms with Crippen molar-refractivity contribution in [1.29, 1.82) is 0 Å². The number of hydrogen-bond acceptors (Lipinski definition) is 3. The van der Waals surface area contributed by atoms with Crippen LogP contribution in [0.15, 0.2) is 21.2 Å². The maximum Gasteiger partial charge on any atom is 0.288 e. The zero-order chi connectivity index (χ0) is 10.9. The van der Waals surface area contributed by atoms with Crippen LogP contribution in [0.1, 0.15) is 29.8 Å². The van der Waals surface area contributed by atoms with E-state index in [9.17, 15) is 9.90 Å². The molecule has 5 heteroatoms. The van der Waals surface area contributed by atoms with Crippen LogP contribution < -0.4 is 5.32 Å². The van der Waals surface area contributed by atoms with Gasteiger partial charge in [0.25, 0.3) is 5.91 Å². The van der Waals surface area contributed by atoms with Gasteiger partial charge in [0, 0.05) is 0 Å². The van der Waals surface area contributed by atoms with Gasteiger partial charge in [-0.2, -0.15) is 0 Å². The van der Waals surface area contributed by atoms with Gasteiger partial charge in [-0.15, -0.1) is 0 Å². The molecule has 0 atom stereocenters. The van der Waals surface area contributed by atoms with E-state index in [1.54, 1.807) is 6.07 Å². The Bertz CT molecular complexity index is 365. The molecule has 2 N–H and O–H groups in total. The molecule has 0 aliphatic heterocycles. The van der Waals surface area contributed by atoms with Crippen LogP contribution in [0.3, 0.4) is 0 Å². The second-order valence-corrected chi connectivity index (χ2v) is 4.70. The number of nitrogens with one attached hydrogen (secondary N) is 1. The average molecular weight is 274 g/mol. The van der Waals surface area contributed by atoms with Gasteiger partial charge in [-0.1, -0.05) is 0 Å². The number of carbonyl (C=O) groups excluding carboxylic acids is 1. The van der Waals surface area contributed by atoms with Gasteiger partial charge in [0.15, 0.2) is 0 Å². The third-order valence-electron chi connectivity index (χ3n) is 2.82. The van der Waals surface area contributed by atoms with Gasteiger partial charge in [0.2, 0.25) is 5.76 Å². The van der Waals surface area contributed by atoms with Crippen LogP contribution in [0.4, 0.5) is 0 Å². The molecule has 2 rings (SSSR count). The van der Waals surface area contributed by atoms with Crippen LogP contribution in [0.25, 0.3) is 0 Å². The molecular formula is C10H12BrNO3. The lowest BCUT2D eigenvalue weighted by molar-refractivity contribution is 0.0619. The summed E-state index contributed by atoms with van der Waals surface area (Å²) in [6.45, 7) is -0.0168. The number of aliphatic hydroxyl groups excluding tert-OH is 1. The number of amides is 1. The molecule has 1 saturated carbocycles. The Labute approximate surface area is 95.8 Å². The highest BCUT2D eigenvalue weighted by Gasteiger charge is 2.38. The first kappa shape index (κ1) is 10.7. The number of rotatable bonds is 3. The highest BCUT2D eigenvalue weighted by molar-refractivity contribution is 9.10. The average Bonchev–Trinajstić information content (AvgIpc) is 2.58. The van der Waals surface area contributed by atoms with Gasteiger partial charge >= 0.3 is 0 Å². The molecule has 1 aromatic rings. The van der Waals surface area contributed by atoms with E-state index < -0.39 is 5.54 Å². The number of hydrogen-bond donors (Lipinski definition) is 2. The molecule has 0 spiro atoms. The van der Waals surface area contributed by atoms with Crippen molar-refractivity contribution in [2.45, 2.75) is 24.8 Å². The molecule has 1 aliphatic rings. The minimum atomic E-state index is -0.427. The van der Waals surface area contributed by atoms with Gasteiger partial charge in [0.05, 0.1) is 22.9 Å². The van der Waals surface area contributed by atoms with Crippen LogP contribution in [0.2, 0.25) is 0 Å². The number of aliphatic hydroxyl groups is 1. The molecule has 1 aliphatic carbocycles. The van der Waals surface area contributed by atoms with Gasteiger partial charge in [-0.25, -0.2) is 0 Å². The summed E-state index contributed by atoms with van der Waals surface area (Å²) in [5, 5.41) is 12.0. The van der Waals surface area contributed by atoms with Crippen LogP contribution in [-0.2, 0) is 0 Å². The number of carbonyl (C=O) groups is 1. The first-order valence-corrected chi connectivity index (χ1v) is 5.62. The van der Waals surface area contributed by atoms with Crippen LogP contribution in [0.5, 0.6) is 0 Å². The molecule has 15 heavy (non-hydrogen) atoms. The third-order valence-corrected chi connectivity index (χ3v) is 3.44. The quantitative estimate of drug-likeness (QED) is 0.881. The van der Waals surface area contributed by atoms with Gasteiger partial charge < -0.3 is 14.8 Å². The number of furan rings is 1. The Morgan fingerprint density at radius 2 is 2.40 bits per heavy atom. The molecule has 82 valence electrons. The summed E-state index contributed by atoms with van der Waals surface area (Å²) in [6.07, 6.45) is 4.15. The monoisotopic (exact) mass is 273 g/mol. The SMILES string of the molecule is O=C(NC1(CO)CCC1)c1occc1Br. The van der Waals surface area contributed by atoms with Crippen molar-refractivity contribution in [2.24, 2.45) is 0 Å². The smallest absolute Gasteiger partial charge is 0.288 e. The summed E-state index contributed by atoms with van der Waals surface area (Å²) in [4.78, 5) is 11.7. The van der Waals surface area contributed by atoms with Crippen molar-refractivity contribution in [2.75, 3.05) is 6.61 Å². The van der Waals surface area contributed by atoms with E-state index in [1.807, 2.05) is 0 Å². The van der Waals surface area contributed by atoms with Crippen molar-refractivity contribution < 1.29 is 14.3 Å². The molecule has 1 amide bonds. The highest BCUT2D eigenvalue weighted by Crippen LogP contribution is 2.32. The van der Waals surface area contributed by atoms with Crippen molar-refractivity contribution in [3.8, 4) is 0 Å². The first-order valence-electron chi connectivity index (χ1n) is 4.83. The Balaban J connectivity index is 2.07. The maximum atomic E-state index is 11.7. The predicted molar refractivity (Wildman–Crippen MR) is 57.5 cm³/mol. The summed E-state index contributed by atoms with van der Waals surface area (Å²) >= 11 is 3.22. The van der Waals surface area contributed by atoms with E-state index in [0.29, 0.717) is 4.47 Å². The van der Waals surface area contributed by atoms with Crippen molar-refractivity contribution in [1.82, 2.24) is 5.32 Å². The fourth-order valence-corrected chi connectivity index (χ4v) is 2.06. The lowest BCUT2D eigenvalue weighted by atomic mass is 9.77. The van der Waals surface area contributed by atoms with Gasteiger partial charge in [-0.05, 0) is 41.3 Å². The first-order chi connectivity index (χ1) is 7.17. The number of halogens is 1. The predicted octanol–water partition coefficient (Wildman–Crippen LogP) is 1.69. The molecule has 0 bridgehead atoms. The second kappa shape index (κ2) is 3.98. The summed E-state index contributed by atoms with van der Waals surface area (Å²) in [5.74, 6) is -0.0182. The molecule has 0 aromatic carbocycles. The molecule has 1 aromatic heterocycles. The second-order valence-electron chi connectivity index (χ2n) is 3.84. The standard InChI is InChI=1S/C10H12BrNO3/c11-7-2-5-15-8(7)9(14)12-10(6-13)3-1-4-10/h2,5,13H,1,3-4,6H2,(H,12,14). The largest absolute Gasteiger partial charge is 0.458 e. The van der Waals surface area contributed by atoms with Gasteiger partial charge in [0.1, 0.15) is 0 Å². The summed E-state index contributed by atoms with van der Waals surface area (Å²) < 4.78 is 5.68. The maximum absolute atomic E-state index is 11.7. The highest BCUT2D eigenvalue weighted by atomic mass is 79.9. The molecular weight excluding hydrogens is 262 g/mol. The third kappa shape index (κ3) is 1.94. The zero-order valence-electron chi connectivity index (χ0n) is 8.12. The zero-order valence-corrected chi connectivity index (χ0v) is 9.71. The van der Waals surface area contributed by atoms with Crippen molar-refractivity contribution >= 4 is 21.8 Å². The Hall–Kier alpha value is -0.810. The van der Waals surface area contributed by atoms with Crippen LogP contribution >= 0.6 is 15.9 Å². The van der Waals surface area contributed by atoms with Crippen LogP contribution in [0, 0.1) is 0 Å². The molecule has 0 radical (unpaired) electrons. The normalized spacial score (nSPS) is 18.3. The topological polar surface area (TPSA) is 62.5 Å². The minimum Gasteiger partial charge on any atom is -0.458 e. The summed E-state index contributed by atoms with van der Waals surface area (Å²) in [5.41, 5.74) is -0.427. The lowest BCUT2D eigenvalue weighted by Gasteiger charge is -2.40. The minimum absolute atomic E-state index is 0.0168. The Morgan fingerprint density at radius 1 is 1.67 bits per heavy atom. The van der Waals surface area contributed by atoms with E-state index in [0.717, 1.165) is 19.3 Å². The van der Waals surface area contributed by atoms with E-state index in [1.165, 1.54) is 6.26 Å². The summed E-state index contributed by atoms with van der Waals surface area (Å²) in [6, 6.07) is 1.67. The molecule has 4 nitrogen and oxygen atoms in total. The van der Waals surface area contributed by atoms with Crippen LogP contribution in [-0.4, -0.2) is 23.2 Å². The summed E-state index contributed by atoms with van der Waals surface area (Å²) in [7, 11) is 0. The molecule has 0 saturated heterocycles. The Morgan fingerprint density at radius 3 is 2.80 bits per heavy atom. The van der Waals surface area contributed by atoms with E-state index in [4.69, 9.17) is 4.42 Å².